The summed E-state index contributed by atoms with van der Waals surface area (Å²) in [7, 11) is 0. The van der Waals surface area contributed by atoms with E-state index in [1.54, 1.807) is 6.07 Å². The van der Waals surface area contributed by atoms with Crippen LogP contribution >= 0.6 is 27.5 Å². The Labute approximate surface area is 107 Å². The van der Waals surface area contributed by atoms with Crippen LogP contribution in [0.4, 0.5) is 5.69 Å². The van der Waals surface area contributed by atoms with Gasteiger partial charge in [0.05, 0.1) is 11.5 Å². The van der Waals surface area contributed by atoms with E-state index in [-0.39, 0.29) is 17.4 Å². The van der Waals surface area contributed by atoms with Crippen LogP contribution in [0.1, 0.15) is 6.92 Å². The van der Waals surface area contributed by atoms with Crippen molar-refractivity contribution in [3.63, 3.8) is 0 Å². The molecule has 0 spiro atoms. The smallest absolute Gasteiger partial charge is 0.312 e. The summed E-state index contributed by atoms with van der Waals surface area (Å²) < 4.78 is 5.38. The van der Waals surface area contributed by atoms with Crippen LogP contribution in [0.3, 0.4) is 0 Å². The highest BCUT2D eigenvalue weighted by Crippen LogP contribution is 2.30. The molecule has 0 aliphatic carbocycles. The number of hydrogen-bond acceptors (Lipinski definition) is 3. The van der Waals surface area contributed by atoms with Crippen LogP contribution in [-0.2, 0) is 0 Å². The zero-order valence-electron chi connectivity index (χ0n) is 8.65. The molecule has 0 heterocycles. The van der Waals surface area contributed by atoms with Gasteiger partial charge in [0.25, 0.3) is 0 Å². The lowest BCUT2D eigenvalue weighted by molar-refractivity contribution is -0.385. The first kappa shape index (κ1) is 13.3. The number of rotatable bonds is 5. The van der Waals surface area contributed by atoms with Crippen molar-refractivity contribution in [1.82, 2.24) is 0 Å². The highest BCUT2D eigenvalue weighted by atomic mass is 79.9. The fourth-order valence-electron chi connectivity index (χ4n) is 1.03. The molecule has 0 aliphatic rings. The van der Waals surface area contributed by atoms with Gasteiger partial charge in [-0.2, -0.15) is 0 Å². The maximum atomic E-state index is 10.7. The minimum absolute atomic E-state index is 0.103. The molecule has 1 aromatic carbocycles. The zero-order valence-corrected chi connectivity index (χ0v) is 11.0. The van der Waals surface area contributed by atoms with Gasteiger partial charge in [0.2, 0.25) is 0 Å². The monoisotopic (exact) mass is 307 g/mol. The second-order valence-electron chi connectivity index (χ2n) is 3.44. The average molecular weight is 309 g/mol. The van der Waals surface area contributed by atoms with E-state index in [1.165, 1.54) is 12.1 Å². The molecular weight excluding hydrogens is 297 g/mol. The van der Waals surface area contributed by atoms with Crippen LogP contribution in [0, 0.1) is 16.0 Å². The molecule has 0 N–H and O–H groups in total. The molecule has 16 heavy (non-hydrogen) atoms. The van der Waals surface area contributed by atoms with Crippen molar-refractivity contribution in [3.05, 3.63) is 33.3 Å². The third kappa shape index (κ3) is 3.64. The van der Waals surface area contributed by atoms with Gasteiger partial charge in [0.15, 0.2) is 5.75 Å². The maximum absolute atomic E-state index is 10.7. The molecule has 6 heteroatoms. The largest absolute Gasteiger partial charge is 0.486 e. The van der Waals surface area contributed by atoms with E-state index < -0.39 is 4.92 Å². The molecule has 0 radical (unpaired) electrons. The Kier molecular flexibility index (Phi) is 5.02. The molecule has 0 aliphatic heterocycles. The highest BCUT2D eigenvalue weighted by Gasteiger charge is 2.16. The molecule has 0 saturated heterocycles. The fraction of sp³-hybridized carbons (Fsp3) is 0.400. The van der Waals surface area contributed by atoms with Crippen molar-refractivity contribution in [2.75, 3.05) is 11.9 Å². The quantitative estimate of drug-likeness (QED) is 0.474. The maximum Gasteiger partial charge on any atom is 0.312 e. The van der Waals surface area contributed by atoms with E-state index >= 15 is 0 Å². The van der Waals surface area contributed by atoms with Gasteiger partial charge < -0.3 is 4.74 Å². The summed E-state index contributed by atoms with van der Waals surface area (Å²) in [5, 5.41) is 11.9. The summed E-state index contributed by atoms with van der Waals surface area (Å²) in [5.74, 6) is 0.539. The summed E-state index contributed by atoms with van der Waals surface area (Å²) >= 11 is 9.00. The summed E-state index contributed by atoms with van der Waals surface area (Å²) in [4.78, 5) is 10.2. The van der Waals surface area contributed by atoms with Crippen LogP contribution in [0.2, 0.25) is 5.02 Å². The van der Waals surface area contributed by atoms with Gasteiger partial charge in [-0.1, -0.05) is 34.5 Å². The Bertz CT molecular complexity index is 386. The minimum Gasteiger partial charge on any atom is -0.486 e. The van der Waals surface area contributed by atoms with Crippen molar-refractivity contribution >= 4 is 33.2 Å². The number of alkyl halides is 1. The lowest BCUT2D eigenvalue weighted by Gasteiger charge is -2.10. The lowest BCUT2D eigenvalue weighted by atomic mass is 10.2. The fourth-order valence-corrected chi connectivity index (χ4v) is 1.39. The molecule has 1 aromatic rings. The summed E-state index contributed by atoms with van der Waals surface area (Å²) in [6.07, 6.45) is 0. The topological polar surface area (TPSA) is 52.4 Å². The molecule has 1 rings (SSSR count). The predicted molar refractivity (Wildman–Crippen MR) is 66.6 cm³/mol. The van der Waals surface area contributed by atoms with Gasteiger partial charge >= 0.3 is 5.69 Å². The molecular formula is C10H11BrClNO3. The molecule has 0 amide bonds. The first-order chi connectivity index (χ1) is 7.54. The van der Waals surface area contributed by atoms with Crippen molar-refractivity contribution in [1.29, 1.82) is 0 Å². The van der Waals surface area contributed by atoms with Crippen molar-refractivity contribution in [2.45, 2.75) is 6.92 Å². The van der Waals surface area contributed by atoms with E-state index in [0.29, 0.717) is 11.6 Å². The Morgan fingerprint density at radius 1 is 1.62 bits per heavy atom. The van der Waals surface area contributed by atoms with Crippen LogP contribution in [0.25, 0.3) is 0 Å². The van der Waals surface area contributed by atoms with E-state index in [2.05, 4.69) is 15.9 Å². The number of halogens is 2. The lowest BCUT2D eigenvalue weighted by Crippen LogP contribution is -2.10. The van der Waals surface area contributed by atoms with Gasteiger partial charge in [-0.3, -0.25) is 10.1 Å². The number of ether oxygens (including phenoxy) is 1. The van der Waals surface area contributed by atoms with E-state index in [9.17, 15) is 10.1 Å². The molecule has 0 fully saturated rings. The molecule has 1 unspecified atom stereocenters. The number of nitro benzene ring substituents is 1. The van der Waals surface area contributed by atoms with Crippen LogP contribution < -0.4 is 4.74 Å². The summed E-state index contributed by atoms with van der Waals surface area (Å²) in [6, 6.07) is 4.37. The standard InChI is InChI=1S/C10H11BrClNO3/c1-7(5-11)6-16-10-3-2-8(12)4-9(10)13(14)15/h2-4,7H,5-6H2,1H3. The Hall–Kier alpha value is -0.810. The van der Waals surface area contributed by atoms with Crippen molar-refractivity contribution in [3.8, 4) is 5.75 Å². The molecule has 0 bridgehead atoms. The van der Waals surface area contributed by atoms with Gasteiger partial charge in [0.1, 0.15) is 0 Å². The third-order valence-electron chi connectivity index (χ3n) is 1.90. The Morgan fingerprint density at radius 2 is 2.31 bits per heavy atom. The second-order valence-corrected chi connectivity index (χ2v) is 4.52. The van der Waals surface area contributed by atoms with Gasteiger partial charge in [-0.25, -0.2) is 0 Å². The summed E-state index contributed by atoms with van der Waals surface area (Å²) in [5.41, 5.74) is -0.103. The second kappa shape index (κ2) is 6.06. The van der Waals surface area contributed by atoms with E-state index in [1.807, 2.05) is 6.92 Å². The Balaban J connectivity index is 2.82. The molecule has 0 saturated carbocycles. The predicted octanol–water partition coefficient (Wildman–Crippen LogP) is 3.66. The van der Waals surface area contributed by atoms with Gasteiger partial charge in [-0.15, -0.1) is 0 Å². The molecule has 88 valence electrons. The summed E-state index contributed by atoms with van der Waals surface area (Å²) in [6.45, 7) is 2.41. The third-order valence-corrected chi connectivity index (χ3v) is 3.24. The van der Waals surface area contributed by atoms with Crippen LogP contribution in [-0.4, -0.2) is 16.9 Å². The van der Waals surface area contributed by atoms with Crippen molar-refractivity contribution < 1.29 is 9.66 Å². The molecule has 0 aromatic heterocycles. The first-order valence-electron chi connectivity index (χ1n) is 4.67. The highest BCUT2D eigenvalue weighted by molar-refractivity contribution is 9.09. The molecule has 1 atom stereocenters. The molecule has 4 nitrogen and oxygen atoms in total. The SMILES string of the molecule is CC(CBr)COc1ccc(Cl)cc1[N+](=O)[O-]. The Morgan fingerprint density at radius 3 is 2.88 bits per heavy atom. The van der Waals surface area contributed by atoms with Crippen molar-refractivity contribution in [2.24, 2.45) is 5.92 Å². The van der Waals surface area contributed by atoms with E-state index in [0.717, 1.165) is 5.33 Å². The minimum atomic E-state index is -0.500. The van der Waals surface area contributed by atoms with Crippen LogP contribution in [0.15, 0.2) is 18.2 Å². The number of nitro groups is 1. The number of benzene rings is 1. The normalized spacial score (nSPS) is 12.2. The first-order valence-corrected chi connectivity index (χ1v) is 6.17. The van der Waals surface area contributed by atoms with E-state index in [4.69, 9.17) is 16.3 Å². The zero-order chi connectivity index (χ0) is 12.1. The van der Waals surface area contributed by atoms with Gasteiger partial charge in [-0.05, 0) is 18.1 Å². The average Bonchev–Trinajstić information content (AvgIpc) is 2.26. The van der Waals surface area contributed by atoms with Gasteiger partial charge in [0, 0.05) is 16.4 Å². The number of hydrogen-bond donors (Lipinski definition) is 0. The van der Waals surface area contributed by atoms with Crippen LogP contribution in [0.5, 0.6) is 5.75 Å². The number of nitrogens with zero attached hydrogens (tertiary/aromatic N) is 1.